The van der Waals surface area contributed by atoms with Gasteiger partial charge in [0.15, 0.2) is 0 Å². The number of aliphatic hydroxyl groups is 1. The summed E-state index contributed by atoms with van der Waals surface area (Å²) in [6, 6.07) is 17.8. The van der Waals surface area contributed by atoms with E-state index in [4.69, 9.17) is 5.73 Å². The lowest BCUT2D eigenvalue weighted by molar-refractivity contribution is -0.666. The van der Waals surface area contributed by atoms with Crippen molar-refractivity contribution >= 4 is 17.0 Å². The molecule has 1 atom stereocenters. The molecule has 4 heteroatoms. The number of aryl methyl sites for hydroxylation is 1. The normalized spacial score (nSPS) is 12.6. The Morgan fingerprint density at radius 2 is 1.77 bits per heavy atom. The highest BCUT2D eigenvalue weighted by Gasteiger charge is 2.22. The molecule has 3 rings (SSSR count). The lowest BCUT2D eigenvalue weighted by Gasteiger charge is -2.10. The second-order valence-electron chi connectivity index (χ2n) is 5.54. The predicted octanol–water partition coefficient (Wildman–Crippen LogP) is 2.65. The fourth-order valence-corrected chi connectivity index (χ4v) is 2.92. The number of nitrogens with two attached hydrogens (primary N) is 1. The average molecular weight is 296 g/mol. The number of benzene rings is 2. The first-order valence-electron chi connectivity index (χ1n) is 7.72. The van der Waals surface area contributed by atoms with Gasteiger partial charge in [-0.3, -0.25) is 5.73 Å². The Hall–Kier alpha value is -2.33. The highest BCUT2D eigenvalue weighted by atomic mass is 16.3. The summed E-state index contributed by atoms with van der Waals surface area (Å²) in [5, 5.41) is 10.5. The third-order valence-electron chi connectivity index (χ3n) is 4.00. The molecule has 0 saturated heterocycles. The zero-order valence-corrected chi connectivity index (χ0v) is 12.8. The maximum Gasteiger partial charge on any atom is 0.356 e. The number of anilines is 1. The van der Waals surface area contributed by atoms with Crippen LogP contribution in [0.5, 0.6) is 0 Å². The van der Waals surface area contributed by atoms with Gasteiger partial charge in [-0.1, -0.05) is 49.4 Å². The molecule has 114 valence electrons. The molecule has 1 unspecified atom stereocenters. The number of nitrogen functional groups attached to an aromatic ring is 1. The van der Waals surface area contributed by atoms with E-state index in [2.05, 4.69) is 23.6 Å². The van der Waals surface area contributed by atoms with E-state index in [1.165, 1.54) is 0 Å². The molecular weight excluding hydrogens is 274 g/mol. The summed E-state index contributed by atoms with van der Waals surface area (Å²) in [7, 11) is 0. The smallest absolute Gasteiger partial charge is 0.356 e. The van der Waals surface area contributed by atoms with Crippen LogP contribution in [0.3, 0.4) is 0 Å². The van der Waals surface area contributed by atoms with Crippen molar-refractivity contribution in [2.24, 2.45) is 0 Å². The van der Waals surface area contributed by atoms with Crippen LogP contribution in [0.4, 0.5) is 5.95 Å². The Bertz CT molecular complexity index is 765. The van der Waals surface area contributed by atoms with E-state index in [1.54, 1.807) is 0 Å². The van der Waals surface area contributed by atoms with E-state index in [-0.39, 0.29) is 0 Å². The van der Waals surface area contributed by atoms with Gasteiger partial charge in [-0.2, -0.15) is 0 Å². The second kappa shape index (κ2) is 6.20. The molecule has 0 spiro atoms. The van der Waals surface area contributed by atoms with E-state index in [9.17, 15) is 5.11 Å². The molecule has 0 amide bonds. The maximum absolute atomic E-state index is 10.5. The maximum atomic E-state index is 10.5. The van der Waals surface area contributed by atoms with Crippen LogP contribution < -0.4 is 10.3 Å². The Morgan fingerprint density at radius 1 is 1.09 bits per heavy atom. The summed E-state index contributed by atoms with van der Waals surface area (Å²) >= 11 is 0. The minimum atomic E-state index is -0.575. The predicted molar refractivity (Wildman–Crippen MR) is 88.2 cm³/mol. The first kappa shape index (κ1) is 14.6. The van der Waals surface area contributed by atoms with Crippen LogP contribution in [0.25, 0.3) is 11.0 Å². The van der Waals surface area contributed by atoms with Crippen molar-refractivity contribution < 1.29 is 9.67 Å². The molecule has 1 aromatic heterocycles. The van der Waals surface area contributed by atoms with Crippen LogP contribution in [-0.4, -0.2) is 9.67 Å². The minimum Gasteiger partial charge on any atom is -0.385 e. The van der Waals surface area contributed by atoms with Crippen LogP contribution >= 0.6 is 0 Å². The van der Waals surface area contributed by atoms with Crippen LogP contribution in [0.2, 0.25) is 0 Å². The lowest BCUT2D eigenvalue weighted by Crippen LogP contribution is -2.39. The SMILES string of the molecule is CCCn1c(N)[n+](CC(O)c2ccccc2)c2ccccc21. The third-order valence-corrected chi connectivity index (χ3v) is 4.00. The zero-order valence-electron chi connectivity index (χ0n) is 12.8. The minimum absolute atomic E-state index is 0.451. The third kappa shape index (κ3) is 2.57. The average Bonchev–Trinajstić information content (AvgIpc) is 2.82. The molecule has 0 aliphatic carbocycles. The largest absolute Gasteiger partial charge is 0.385 e. The van der Waals surface area contributed by atoms with Crippen molar-refractivity contribution in [1.29, 1.82) is 0 Å². The zero-order chi connectivity index (χ0) is 15.5. The highest BCUT2D eigenvalue weighted by molar-refractivity contribution is 5.73. The number of para-hydroxylation sites is 2. The molecule has 22 heavy (non-hydrogen) atoms. The second-order valence-corrected chi connectivity index (χ2v) is 5.54. The highest BCUT2D eigenvalue weighted by Crippen LogP contribution is 2.19. The summed E-state index contributed by atoms with van der Waals surface area (Å²) in [5.41, 5.74) is 9.42. The van der Waals surface area contributed by atoms with Crippen molar-refractivity contribution in [2.75, 3.05) is 5.73 Å². The van der Waals surface area contributed by atoms with E-state index in [0.717, 1.165) is 29.6 Å². The Labute approximate surface area is 130 Å². The molecule has 2 aromatic carbocycles. The molecule has 0 saturated carbocycles. The summed E-state index contributed by atoms with van der Waals surface area (Å²) in [6.45, 7) is 3.46. The number of aromatic nitrogens is 2. The first-order valence-corrected chi connectivity index (χ1v) is 7.72. The van der Waals surface area contributed by atoms with Crippen LogP contribution in [0, 0.1) is 0 Å². The monoisotopic (exact) mass is 296 g/mol. The van der Waals surface area contributed by atoms with E-state index in [0.29, 0.717) is 12.5 Å². The molecule has 0 radical (unpaired) electrons. The van der Waals surface area contributed by atoms with Gasteiger partial charge >= 0.3 is 5.95 Å². The molecular formula is C18H22N3O+. The standard InChI is InChI=1S/C18H21N3O/c1-2-12-20-15-10-6-7-11-16(15)21(18(20)19)13-17(22)14-8-4-3-5-9-14/h3-11,17,19,22H,2,12-13H2,1H3/p+1. The summed E-state index contributed by atoms with van der Waals surface area (Å²) in [6.07, 6.45) is 0.443. The van der Waals surface area contributed by atoms with Crippen LogP contribution in [0.15, 0.2) is 54.6 Å². The number of hydrogen-bond acceptors (Lipinski definition) is 2. The molecule has 3 aromatic rings. The van der Waals surface area contributed by atoms with E-state index in [1.807, 2.05) is 47.0 Å². The molecule has 0 aliphatic rings. The van der Waals surface area contributed by atoms with Gasteiger partial charge in [-0.05, 0) is 24.1 Å². The number of fused-ring (bicyclic) bond motifs is 1. The quantitative estimate of drug-likeness (QED) is 0.711. The fourth-order valence-electron chi connectivity index (χ4n) is 2.92. The van der Waals surface area contributed by atoms with Gasteiger partial charge in [0.2, 0.25) is 0 Å². The molecule has 0 bridgehead atoms. The number of imidazole rings is 1. The molecule has 0 fully saturated rings. The molecule has 1 heterocycles. The summed E-state index contributed by atoms with van der Waals surface area (Å²) in [5.74, 6) is 0.693. The Morgan fingerprint density at radius 3 is 2.50 bits per heavy atom. The van der Waals surface area contributed by atoms with Gasteiger partial charge in [0.1, 0.15) is 23.7 Å². The molecule has 0 aliphatic heterocycles. The van der Waals surface area contributed by atoms with Gasteiger partial charge in [-0.25, -0.2) is 9.13 Å². The lowest BCUT2D eigenvalue weighted by atomic mass is 10.1. The van der Waals surface area contributed by atoms with Gasteiger partial charge in [-0.15, -0.1) is 0 Å². The summed E-state index contributed by atoms with van der Waals surface area (Å²) in [4.78, 5) is 0. The Kier molecular flexibility index (Phi) is 4.11. The number of nitrogens with zero attached hydrogens (tertiary/aromatic N) is 2. The number of aliphatic hydroxyl groups excluding tert-OH is 1. The van der Waals surface area contributed by atoms with Crippen LogP contribution in [-0.2, 0) is 13.1 Å². The molecule has 4 nitrogen and oxygen atoms in total. The summed E-state index contributed by atoms with van der Waals surface area (Å²) < 4.78 is 4.12. The van der Waals surface area contributed by atoms with E-state index < -0.39 is 6.10 Å². The van der Waals surface area contributed by atoms with Gasteiger partial charge in [0.05, 0.1) is 6.54 Å². The Balaban J connectivity index is 2.02. The van der Waals surface area contributed by atoms with E-state index >= 15 is 0 Å². The first-order chi connectivity index (χ1) is 10.7. The topological polar surface area (TPSA) is 55.1 Å². The van der Waals surface area contributed by atoms with Crippen molar-refractivity contribution in [2.45, 2.75) is 32.5 Å². The number of hydrogen-bond donors (Lipinski definition) is 2. The fraction of sp³-hybridized carbons (Fsp3) is 0.278. The van der Waals surface area contributed by atoms with Gasteiger partial charge < -0.3 is 5.11 Å². The van der Waals surface area contributed by atoms with Gasteiger partial charge in [0.25, 0.3) is 0 Å². The number of rotatable bonds is 5. The van der Waals surface area contributed by atoms with Crippen molar-refractivity contribution in [1.82, 2.24) is 4.57 Å². The molecule has 3 N–H and O–H groups in total. The van der Waals surface area contributed by atoms with Crippen LogP contribution in [0.1, 0.15) is 25.0 Å². The van der Waals surface area contributed by atoms with Crippen molar-refractivity contribution in [3.05, 3.63) is 60.2 Å². The van der Waals surface area contributed by atoms with Crippen molar-refractivity contribution in [3.8, 4) is 0 Å². The van der Waals surface area contributed by atoms with Gasteiger partial charge in [0, 0.05) is 0 Å². The van der Waals surface area contributed by atoms with Crippen molar-refractivity contribution in [3.63, 3.8) is 0 Å².